The molecule has 0 saturated carbocycles. The molecule has 0 unspecified atom stereocenters. The van der Waals surface area contributed by atoms with Gasteiger partial charge in [-0.25, -0.2) is 19.9 Å². The van der Waals surface area contributed by atoms with Crippen molar-refractivity contribution in [1.29, 1.82) is 0 Å². The Morgan fingerprint density at radius 2 is 1.76 bits per heavy atom. The van der Waals surface area contributed by atoms with Gasteiger partial charge < -0.3 is 0 Å². The average Bonchev–Trinajstić information content (AvgIpc) is 2.47. The van der Waals surface area contributed by atoms with Gasteiger partial charge in [-0.2, -0.15) is 0 Å². The van der Waals surface area contributed by atoms with E-state index in [1.54, 1.807) is 12.3 Å². The van der Waals surface area contributed by atoms with Crippen molar-refractivity contribution in [2.75, 3.05) is 0 Å². The summed E-state index contributed by atoms with van der Waals surface area (Å²) in [6.45, 7) is 2.00. The van der Waals surface area contributed by atoms with Gasteiger partial charge in [-0.1, -0.05) is 53.0 Å². The molecule has 1 aromatic carbocycles. The zero-order valence-electron chi connectivity index (χ0n) is 11.1. The van der Waals surface area contributed by atoms with Gasteiger partial charge in [-0.15, -0.1) is 0 Å². The first-order chi connectivity index (χ1) is 10.1. The highest BCUT2D eigenvalue weighted by Gasteiger charge is 2.15. The van der Waals surface area contributed by atoms with Crippen LogP contribution in [0.1, 0.15) is 5.56 Å². The molecule has 0 aliphatic heterocycles. The minimum atomic E-state index is 0.300. The van der Waals surface area contributed by atoms with Gasteiger partial charge >= 0.3 is 0 Å². The quantitative estimate of drug-likeness (QED) is 0.664. The van der Waals surface area contributed by atoms with Crippen LogP contribution < -0.4 is 0 Å². The van der Waals surface area contributed by atoms with Crippen molar-refractivity contribution in [1.82, 2.24) is 19.9 Å². The van der Waals surface area contributed by atoms with Crippen LogP contribution in [0.25, 0.3) is 22.6 Å². The number of hydrogen-bond acceptors (Lipinski definition) is 4. The lowest BCUT2D eigenvalue weighted by molar-refractivity contribution is 1.10. The number of nitrogens with zero attached hydrogens (tertiary/aromatic N) is 4. The summed E-state index contributed by atoms with van der Waals surface area (Å²) in [6.07, 6.45) is 3.04. The van der Waals surface area contributed by atoms with Crippen LogP contribution in [-0.2, 0) is 0 Å². The number of aryl methyl sites for hydroxylation is 1. The Kier molecular flexibility index (Phi) is 3.82. The molecule has 6 heteroatoms. The highest BCUT2D eigenvalue weighted by atomic mass is 35.5. The minimum absolute atomic E-state index is 0.300. The molecule has 3 rings (SSSR count). The van der Waals surface area contributed by atoms with Gasteiger partial charge in [0.05, 0.1) is 5.56 Å². The molecule has 2 aromatic heterocycles. The maximum atomic E-state index is 6.29. The molecule has 0 radical (unpaired) electrons. The summed E-state index contributed by atoms with van der Waals surface area (Å²) >= 11 is 12.6. The maximum absolute atomic E-state index is 6.29. The summed E-state index contributed by atoms with van der Waals surface area (Å²) in [5.74, 6) is 0.379. The molecular formula is C15H10Cl2N4. The van der Waals surface area contributed by atoms with Crippen molar-refractivity contribution in [3.05, 3.63) is 58.7 Å². The standard InChI is InChI=1S/C15H10Cl2N4/c1-9-3-2-4-10(7-9)12-13(16)20-15(21-14(12)17)11-5-6-18-8-19-11/h2-8H,1H3. The predicted octanol–water partition coefficient (Wildman–Crippen LogP) is 4.22. The van der Waals surface area contributed by atoms with E-state index >= 15 is 0 Å². The molecule has 104 valence electrons. The molecule has 21 heavy (non-hydrogen) atoms. The summed E-state index contributed by atoms with van der Waals surface area (Å²) in [6, 6.07) is 9.56. The Labute approximate surface area is 131 Å². The predicted molar refractivity (Wildman–Crippen MR) is 83.3 cm³/mol. The van der Waals surface area contributed by atoms with Gasteiger partial charge in [0.2, 0.25) is 0 Å². The fourth-order valence-corrected chi connectivity index (χ4v) is 2.59. The molecular weight excluding hydrogens is 307 g/mol. The summed E-state index contributed by atoms with van der Waals surface area (Å²) in [7, 11) is 0. The van der Waals surface area contributed by atoms with E-state index in [1.807, 2.05) is 31.2 Å². The zero-order chi connectivity index (χ0) is 14.8. The second-order valence-electron chi connectivity index (χ2n) is 4.47. The third kappa shape index (κ3) is 2.86. The fourth-order valence-electron chi connectivity index (χ4n) is 1.98. The Morgan fingerprint density at radius 3 is 2.38 bits per heavy atom. The Balaban J connectivity index is 2.13. The summed E-state index contributed by atoms with van der Waals surface area (Å²) in [5.41, 5.74) is 3.20. The minimum Gasteiger partial charge on any atom is -0.245 e. The van der Waals surface area contributed by atoms with Gasteiger partial charge in [-0.05, 0) is 18.6 Å². The van der Waals surface area contributed by atoms with Gasteiger partial charge in [0, 0.05) is 6.20 Å². The molecule has 0 aliphatic carbocycles. The van der Waals surface area contributed by atoms with Crippen molar-refractivity contribution < 1.29 is 0 Å². The normalized spacial score (nSPS) is 10.6. The monoisotopic (exact) mass is 316 g/mol. The number of rotatable bonds is 2. The van der Waals surface area contributed by atoms with Crippen molar-refractivity contribution in [2.24, 2.45) is 0 Å². The van der Waals surface area contributed by atoms with E-state index < -0.39 is 0 Å². The molecule has 0 N–H and O–H groups in total. The highest BCUT2D eigenvalue weighted by molar-refractivity contribution is 6.37. The number of benzene rings is 1. The molecule has 3 aromatic rings. The number of halogens is 2. The summed E-state index contributed by atoms with van der Waals surface area (Å²) < 4.78 is 0. The van der Waals surface area contributed by atoms with E-state index in [2.05, 4.69) is 19.9 Å². The molecule has 0 amide bonds. The van der Waals surface area contributed by atoms with Crippen LogP contribution in [0.2, 0.25) is 10.3 Å². The van der Waals surface area contributed by atoms with Crippen molar-refractivity contribution >= 4 is 23.2 Å². The highest BCUT2D eigenvalue weighted by Crippen LogP contribution is 2.34. The lowest BCUT2D eigenvalue weighted by Crippen LogP contribution is -1.96. The van der Waals surface area contributed by atoms with E-state index in [-0.39, 0.29) is 0 Å². The molecule has 0 bridgehead atoms. The van der Waals surface area contributed by atoms with E-state index in [1.165, 1.54) is 6.33 Å². The first-order valence-corrected chi connectivity index (χ1v) is 6.97. The largest absolute Gasteiger partial charge is 0.245 e. The smallest absolute Gasteiger partial charge is 0.181 e. The van der Waals surface area contributed by atoms with Crippen LogP contribution in [0.15, 0.2) is 42.9 Å². The average molecular weight is 317 g/mol. The van der Waals surface area contributed by atoms with Crippen molar-refractivity contribution in [3.8, 4) is 22.6 Å². The SMILES string of the molecule is Cc1cccc(-c2c(Cl)nc(-c3ccncn3)nc2Cl)c1. The lowest BCUT2D eigenvalue weighted by atomic mass is 10.1. The Hall–Kier alpha value is -2.04. The first-order valence-electron chi connectivity index (χ1n) is 6.21. The molecule has 0 atom stereocenters. The van der Waals surface area contributed by atoms with Gasteiger partial charge in [-0.3, -0.25) is 0 Å². The van der Waals surface area contributed by atoms with Crippen LogP contribution in [0.4, 0.5) is 0 Å². The third-order valence-corrected chi connectivity index (χ3v) is 3.49. The van der Waals surface area contributed by atoms with E-state index in [0.29, 0.717) is 27.4 Å². The molecule has 0 aliphatic rings. The van der Waals surface area contributed by atoms with E-state index in [4.69, 9.17) is 23.2 Å². The van der Waals surface area contributed by atoms with E-state index in [9.17, 15) is 0 Å². The maximum Gasteiger partial charge on any atom is 0.181 e. The second kappa shape index (κ2) is 5.76. The molecule has 0 saturated heterocycles. The van der Waals surface area contributed by atoms with Crippen LogP contribution in [0.3, 0.4) is 0 Å². The second-order valence-corrected chi connectivity index (χ2v) is 5.18. The Morgan fingerprint density at radius 1 is 1.00 bits per heavy atom. The fraction of sp³-hybridized carbons (Fsp3) is 0.0667. The van der Waals surface area contributed by atoms with E-state index in [0.717, 1.165) is 11.1 Å². The number of aromatic nitrogens is 4. The van der Waals surface area contributed by atoms with Crippen LogP contribution >= 0.6 is 23.2 Å². The molecule has 0 fully saturated rings. The topological polar surface area (TPSA) is 51.6 Å². The van der Waals surface area contributed by atoms with Crippen LogP contribution in [0.5, 0.6) is 0 Å². The first kappa shape index (κ1) is 13.9. The summed E-state index contributed by atoms with van der Waals surface area (Å²) in [5, 5.41) is 0.600. The summed E-state index contributed by atoms with van der Waals surface area (Å²) in [4.78, 5) is 16.5. The third-order valence-electron chi connectivity index (χ3n) is 2.94. The van der Waals surface area contributed by atoms with Crippen molar-refractivity contribution in [3.63, 3.8) is 0 Å². The number of hydrogen-bond donors (Lipinski definition) is 0. The van der Waals surface area contributed by atoms with Gasteiger partial charge in [0.15, 0.2) is 5.82 Å². The molecule has 0 spiro atoms. The van der Waals surface area contributed by atoms with Crippen LogP contribution in [0, 0.1) is 6.92 Å². The van der Waals surface area contributed by atoms with Gasteiger partial charge in [0.25, 0.3) is 0 Å². The van der Waals surface area contributed by atoms with Crippen molar-refractivity contribution in [2.45, 2.75) is 6.92 Å². The van der Waals surface area contributed by atoms with Crippen LogP contribution in [-0.4, -0.2) is 19.9 Å². The molecule has 2 heterocycles. The zero-order valence-corrected chi connectivity index (χ0v) is 12.6. The van der Waals surface area contributed by atoms with Gasteiger partial charge in [0.1, 0.15) is 22.3 Å². The molecule has 4 nitrogen and oxygen atoms in total. The lowest BCUT2D eigenvalue weighted by Gasteiger charge is -2.08. The Bertz CT molecular complexity index is 768.